The molecule has 0 atom stereocenters. The Bertz CT molecular complexity index is 2420. The first-order valence-corrected chi connectivity index (χ1v) is 15.8. The number of fused-ring (bicyclic) bond motifs is 4. The van der Waals surface area contributed by atoms with E-state index < -0.39 is 0 Å². The lowest BCUT2D eigenvalue weighted by atomic mass is 9.89. The van der Waals surface area contributed by atoms with Crippen molar-refractivity contribution in [2.45, 2.75) is 0 Å². The fraction of sp³-hybridized carbons (Fsp3) is 0. The number of benzene rings is 7. The van der Waals surface area contributed by atoms with Crippen LogP contribution in [0.15, 0.2) is 176 Å². The summed E-state index contributed by atoms with van der Waals surface area (Å²) in [5.41, 5.74) is 14.4. The number of hydrogen-bond donors (Lipinski definition) is 1. The maximum absolute atomic E-state index is 3.56. The van der Waals surface area contributed by atoms with E-state index in [1.165, 1.54) is 66.1 Å². The fourth-order valence-corrected chi connectivity index (χ4v) is 6.99. The molecule has 2 heteroatoms. The van der Waals surface area contributed by atoms with Crippen LogP contribution in [0, 0.1) is 0 Å². The average Bonchev–Trinajstić information content (AvgIpc) is 3.72. The van der Waals surface area contributed by atoms with Gasteiger partial charge in [-0.3, -0.25) is 0 Å². The molecule has 0 radical (unpaired) electrons. The zero-order chi connectivity index (χ0) is 30.5. The van der Waals surface area contributed by atoms with Crippen molar-refractivity contribution in [1.82, 2.24) is 9.55 Å². The Morgan fingerprint density at radius 3 is 1.41 bits per heavy atom. The van der Waals surface area contributed by atoms with Gasteiger partial charge < -0.3 is 9.55 Å². The molecular weight excluding hydrogens is 556 g/mol. The molecule has 0 spiro atoms. The van der Waals surface area contributed by atoms with Gasteiger partial charge in [-0.25, -0.2) is 0 Å². The van der Waals surface area contributed by atoms with Crippen molar-refractivity contribution in [3.8, 4) is 50.3 Å². The summed E-state index contributed by atoms with van der Waals surface area (Å²) in [6.07, 6.45) is 0. The second-order valence-electron chi connectivity index (χ2n) is 11.9. The van der Waals surface area contributed by atoms with E-state index in [-0.39, 0.29) is 0 Å². The molecule has 0 amide bonds. The molecule has 2 heterocycles. The SMILES string of the molecule is c1ccc(-c2ccccc2-c2ccc(-n3c4ccccc4c4ccccc43)cc2)c(-c2ccc(-c3cc4ccccc4[nH]3)cc2)c1. The maximum atomic E-state index is 3.56. The molecule has 0 aliphatic heterocycles. The summed E-state index contributed by atoms with van der Waals surface area (Å²) in [6, 6.07) is 63.4. The Balaban J connectivity index is 1.09. The summed E-state index contributed by atoms with van der Waals surface area (Å²) in [4.78, 5) is 3.56. The third-order valence-corrected chi connectivity index (χ3v) is 9.20. The summed E-state index contributed by atoms with van der Waals surface area (Å²) < 4.78 is 2.37. The zero-order valence-electron chi connectivity index (χ0n) is 25.2. The fourth-order valence-electron chi connectivity index (χ4n) is 6.99. The van der Waals surface area contributed by atoms with E-state index >= 15 is 0 Å². The first-order chi connectivity index (χ1) is 22.8. The van der Waals surface area contributed by atoms with Gasteiger partial charge >= 0.3 is 0 Å². The molecule has 7 aromatic carbocycles. The van der Waals surface area contributed by atoms with E-state index in [0.717, 1.165) is 16.9 Å². The van der Waals surface area contributed by atoms with E-state index in [1.807, 2.05) is 0 Å². The molecular formula is C44H30N2. The molecule has 9 aromatic rings. The smallest absolute Gasteiger partial charge is 0.0541 e. The van der Waals surface area contributed by atoms with Gasteiger partial charge in [0.05, 0.1) is 11.0 Å². The Hall–Kier alpha value is -6.12. The maximum Gasteiger partial charge on any atom is 0.0541 e. The predicted octanol–water partition coefficient (Wildman–Crippen LogP) is 11.9. The van der Waals surface area contributed by atoms with Crippen LogP contribution < -0.4 is 0 Å². The monoisotopic (exact) mass is 586 g/mol. The van der Waals surface area contributed by atoms with E-state index in [9.17, 15) is 0 Å². The Morgan fingerprint density at radius 2 is 0.826 bits per heavy atom. The normalized spacial score (nSPS) is 11.5. The largest absolute Gasteiger partial charge is 0.355 e. The number of nitrogens with one attached hydrogen (secondary N) is 1. The van der Waals surface area contributed by atoms with Gasteiger partial charge in [0.15, 0.2) is 0 Å². The predicted molar refractivity (Wildman–Crippen MR) is 194 cm³/mol. The third kappa shape index (κ3) is 4.35. The van der Waals surface area contributed by atoms with E-state index in [4.69, 9.17) is 0 Å². The highest BCUT2D eigenvalue weighted by atomic mass is 15.0. The van der Waals surface area contributed by atoms with Gasteiger partial charge in [-0.05, 0) is 75.3 Å². The van der Waals surface area contributed by atoms with Crippen LogP contribution in [0.1, 0.15) is 0 Å². The van der Waals surface area contributed by atoms with Gasteiger partial charge in [0.2, 0.25) is 0 Å². The standard InChI is InChI=1S/C44H30N2/c1-8-18-41-33(11-1)29-42(45-41)32-23-21-30(22-24-32)35-12-2-4-14-37(35)38-15-5-3-13-36(38)31-25-27-34(28-26-31)46-43-19-9-6-16-39(43)40-17-7-10-20-44(40)46/h1-29,45H. The topological polar surface area (TPSA) is 20.7 Å². The molecule has 0 aliphatic carbocycles. The number of hydrogen-bond acceptors (Lipinski definition) is 0. The molecule has 0 fully saturated rings. The summed E-state index contributed by atoms with van der Waals surface area (Å²) in [5, 5.41) is 3.78. The van der Waals surface area contributed by atoms with Crippen LogP contribution in [0.25, 0.3) is 83.0 Å². The number of rotatable bonds is 5. The minimum Gasteiger partial charge on any atom is -0.355 e. The number of aromatic nitrogens is 2. The molecule has 0 saturated heterocycles. The van der Waals surface area contributed by atoms with Crippen LogP contribution in [-0.2, 0) is 0 Å². The van der Waals surface area contributed by atoms with Gasteiger partial charge in [-0.1, -0.05) is 140 Å². The molecule has 9 rings (SSSR count). The highest BCUT2D eigenvalue weighted by Crippen LogP contribution is 2.39. The Kier molecular flexibility index (Phi) is 6.17. The van der Waals surface area contributed by atoms with Gasteiger partial charge in [0.1, 0.15) is 0 Å². The first-order valence-electron chi connectivity index (χ1n) is 15.8. The highest BCUT2D eigenvalue weighted by molar-refractivity contribution is 6.09. The Labute approximate surface area is 267 Å². The van der Waals surface area contributed by atoms with Gasteiger partial charge in [-0.2, -0.15) is 0 Å². The van der Waals surface area contributed by atoms with Crippen molar-refractivity contribution in [1.29, 1.82) is 0 Å². The lowest BCUT2D eigenvalue weighted by Crippen LogP contribution is -1.94. The quantitative estimate of drug-likeness (QED) is 0.207. The van der Waals surface area contributed by atoms with Crippen LogP contribution in [0.4, 0.5) is 0 Å². The number of aromatic amines is 1. The summed E-state index contributed by atoms with van der Waals surface area (Å²) in [7, 11) is 0. The van der Waals surface area contributed by atoms with Crippen molar-refractivity contribution >= 4 is 32.7 Å². The highest BCUT2D eigenvalue weighted by Gasteiger charge is 2.15. The third-order valence-electron chi connectivity index (χ3n) is 9.20. The average molecular weight is 587 g/mol. The van der Waals surface area contributed by atoms with Crippen LogP contribution in [0.3, 0.4) is 0 Å². The molecule has 2 aromatic heterocycles. The molecule has 0 aliphatic rings. The second-order valence-corrected chi connectivity index (χ2v) is 11.9. The van der Waals surface area contributed by atoms with Crippen LogP contribution in [0.5, 0.6) is 0 Å². The number of H-pyrrole nitrogens is 1. The minimum atomic E-state index is 1.13. The van der Waals surface area contributed by atoms with Crippen molar-refractivity contribution < 1.29 is 0 Å². The Morgan fingerprint density at radius 1 is 0.370 bits per heavy atom. The second kappa shape index (κ2) is 10.8. The summed E-state index contributed by atoms with van der Waals surface area (Å²) >= 11 is 0. The van der Waals surface area contributed by atoms with E-state index in [2.05, 4.69) is 185 Å². The molecule has 0 bridgehead atoms. The first kappa shape index (κ1) is 26.3. The van der Waals surface area contributed by atoms with Crippen molar-refractivity contribution in [2.75, 3.05) is 0 Å². The van der Waals surface area contributed by atoms with E-state index in [1.54, 1.807) is 0 Å². The minimum absolute atomic E-state index is 1.13. The molecule has 2 nitrogen and oxygen atoms in total. The zero-order valence-corrected chi connectivity index (χ0v) is 25.2. The van der Waals surface area contributed by atoms with Crippen LogP contribution in [0.2, 0.25) is 0 Å². The molecule has 216 valence electrons. The summed E-state index contributed by atoms with van der Waals surface area (Å²) in [6.45, 7) is 0. The molecule has 0 unspecified atom stereocenters. The van der Waals surface area contributed by atoms with Crippen molar-refractivity contribution in [3.63, 3.8) is 0 Å². The van der Waals surface area contributed by atoms with Gasteiger partial charge in [0.25, 0.3) is 0 Å². The van der Waals surface area contributed by atoms with E-state index in [0.29, 0.717) is 0 Å². The lowest BCUT2D eigenvalue weighted by Gasteiger charge is -2.16. The lowest BCUT2D eigenvalue weighted by molar-refractivity contribution is 1.18. The van der Waals surface area contributed by atoms with Gasteiger partial charge in [-0.15, -0.1) is 0 Å². The number of nitrogens with zero attached hydrogens (tertiary/aromatic N) is 1. The molecule has 46 heavy (non-hydrogen) atoms. The molecule has 1 N–H and O–H groups in total. The number of para-hydroxylation sites is 3. The van der Waals surface area contributed by atoms with Gasteiger partial charge in [0, 0.05) is 33.1 Å². The van der Waals surface area contributed by atoms with Crippen LogP contribution in [-0.4, -0.2) is 9.55 Å². The van der Waals surface area contributed by atoms with Crippen molar-refractivity contribution in [2.24, 2.45) is 0 Å². The van der Waals surface area contributed by atoms with Crippen LogP contribution >= 0.6 is 0 Å². The molecule has 0 saturated carbocycles. The summed E-state index contributed by atoms with van der Waals surface area (Å²) in [5.74, 6) is 0. The van der Waals surface area contributed by atoms with Crippen molar-refractivity contribution in [3.05, 3.63) is 176 Å².